The van der Waals surface area contributed by atoms with E-state index < -0.39 is 0 Å². The number of aryl methyl sites for hydroxylation is 1. The van der Waals surface area contributed by atoms with E-state index in [0.717, 1.165) is 24.2 Å². The van der Waals surface area contributed by atoms with Gasteiger partial charge in [0.2, 0.25) is 0 Å². The molecule has 0 saturated carbocycles. The van der Waals surface area contributed by atoms with Crippen molar-refractivity contribution in [2.24, 2.45) is 0 Å². The molecular formula is C15H21O. The number of para-hydroxylation sites is 1. The summed E-state index contributed by atoms with van der Waals surface area (Å²) in [5.74, 6) is 1.10. The fourth-order valence-electron chi connectivity index (χ4n) is 1.81. The maximum atomic E-state index is 5.76. The van der Waals surface area contributed by atoms with Crippen LogP contribution in [-0.4, -0.2) is 6.61 Å². The fraction of sp³-hybridized carbons (Fsp3) is 0.400. The van der Waals surface area contributed by atoms with Crippen molar-refractivity contribution in [3.05, 3.63) is 48.9 Å². The summed E-state index contributed by atoms with van der Waals surface area (Å²) in [6.07, 6.45) is 4.03. The molecule has 1 rings (SSSR count). The van der Waals surface area contributed by atoms with E-state index in [9.17, 15) is 0 Å². The van der Waals surface area contributed by atoms with Gasteiger partial charge in [0, 0.05) is 11.5 Å². The van der Waals surface area contributed by atoms with Gasteiger partial charge in [0.05, 0.1) is 6.61 Å². The number of allylic oxidation sites excluding steroid dienone is 1. The summed E-state index contributed by atoms with van der Waals surface area (Å²) in [7, 11) is 0. The Kier molecular flexibility index (Phi) is 5.10. The minimum absolute atomic E-state index is 0.0957. The molecule has 0 amide bonds. The van der Waals surface area contributed by atoms with E-state index in [0.29, 0.717) is 6.61 Å². The van der Waals surface area contributed by atoms with E-state index >= 15 is 0 Å². The smallest absolute Gasteiger partial charge is 0.126 e. The standard InChI is InChI=1S/C15H21O/c1-5-9-13-10-8-11-14(12(4)6-2)15(13)16-7-3/h6,8,10-12H,2,4-5,7,9H2,1,3H3. The van der Waals surface area contributed by atoms with Crippen LogP contribution < -0.4 is 4.74 Å². The molecule has 1 atom stereocenters. The third-order valence-electron chi connectivity index (χ3n) is 2.62. The molecule has 1 nitrogen and oxygen atoms in total. The Morgan fingerprint density at radius 2 is 2.12 bits per heavy atom. The zero-order valence-corrected chi connectivity index (χ0v) is 10.3. The summed E-state index contributed by atoms with van der Waals surface area (Å²) in [6.45, 7) is 12.8. The van der Waals surface area contributed by atoms with E-state index in [1.54, 1.807) is 0 Å². The summed E-state index contributed by atoms with van der Waals surface area (Å²) in [5, 5.41) is 0. The van der Waals surface area contributed by atoms with Gasteiger partial charge in [-0.3, -0.25) is 0 Å². The Balaban J connectivity index is 3.14. The Morgan fingerprint density at radius 1 is 1.38 bits per heavy atom. The predicted molar refractivity (Wildman–Crippen MR) is 69.9 cm³/mol. The lowest BCUT2D eigenvalue weighted by atomic mass is 9.96. The molecule has 87 valence electrons. The Bertz CT molecular complexity index is 341. The highest BCUT2D eigenvalue weighted by molar-refractivity contribution is 5.45. The van der Waals surface area contributed by atoms with Crippen LogP contribution in [0.3, 0.4) is 0 Å². The second-order valence-corrected chi connectivity index (χ2v) is 3.86. The zero-order valence-electron chi connectivity index (χ0n) is 10.3. The first-order valence-corrected chi connectivity index (χ1v) is 5.94. The van der Waals surface area contributed by atoms with Crippen LogP contribution in [0, 0.1) is 6.92 Å². The number of ether oxygens (including phenoxy) is 1. The lowest BCUT2D eigenvalue weighted by Crippen LogP contribution is -2.02. The Labute approximate surface area is 99.1 Å². The normalized spacial score (nSPS) is 12.2. The molecule has 0 aliphatic heterocycles. The molecule has 1 heteroatoms. The molecule has 0 aromatic heterocycles. The molecule has 16 heavy (non-hydrogen) atoms. The predicted octanol–water partition coefficient (Wildman–Crippen LogP) is 4.14. The van der Waals surface area contributed by atoms with Gasteiger partial charge in [0.1, 0.15) is 5.75 Å². The fourth-order valence-corrected chi connectivity index (χ4v) is 1.81. The first-order valence-electron chi connectivity index (χ1n) is 5.94. The number of hydrogen-bond acceptors (Lipinski definition) is 1. The van der Waals surface area contributed by atoms with Gasteiger partial charge in [-0.05, 0) is 25.8 Å². The second-order valence-electron chi connectivity index (χ2n) is 3.86. The Hall–Kier alpha value is -1.24. The third-order valence-corrected chi connectivity index (χ3v) is 2.62. The molecule has 0 heterocycles. The van der Waals surface area contributed by atoms with Crippen LogP contribution in [-0.2, 0) is 6.42 Å². The number of hydrogen-bond donors (Lipinski definition) is 0. The van der Waals surface area contributed by atoms with Crippen molar-refractivity contribution in [2.45, 2.75) is 32.6 Å². The van der Waals surface area contributed by atoms with Crippen molar-refractivity contribution >= 4 is 0 Å². The van der Waals surface area contributed by atoms with Crippen LogP contribution in [0.2, 0.25) is 0 Å². The number of rotatable bonds is 6. The van der Waals surface area contributed by atoms with Gasteiger partial charge >= 0.3 is 0 Å². The highest BCUT2D eigenvalue weighted by atomic mass is 16.5. The zero-order chi connectivity index (χ0) is 12.0. The van der Waals surface area contributed by atoms with Gasteiger partial charge < -0.3 is 4.74 Å². The summed E-state index contributed by atoms with van der Waals surface area (Å²) in [5.41, 5.74) is 2.42. The van der Waals surface area contributed by atoms with Crippen LogP contribution in [0.4, 0.5) is 0 Å². The van der Waals surface area contributed by atoms with Crippen molar-refractivity contribution < 1.29 is 4.74 Å². The summed E-state index contributed by atoms with van der Waals surface area (Å²) in [4.78, 5) is 0. The monoisotopic (exact) mass is 217 g/mol. The highest BCUT2D eigenvalue weighted by Crippen LogP contribution is 2.31. The molecule has 0 spiro atoms. The van der Waals surface area contributed by atoms with Crippen LogP contribution in [0.1, 0.15) is 37.3 Å². The van der Waals surface area contributed by atoms with Crippen molar-refractivity contribution in [2.75, 3.05) is 6.61 Å². The van der Waals surface area contributed by atoms with Crippen LogP contribution in [0.15, 0.2) is 30.9 Å². The molecule has 1 aromatic carbocycles. The average Bonchev–Trinajstić information content (AvgIpc) is 2.31. The van der Waals surface area contributed by atoms with Gasteiger partial charge in [-0.25, -0.2) is 0 Å². The molecule has 1 aromatic rings. The quantitative estimate of drug-likeness (QED) is 0.651. The maximum Gasteiger partial charge on any atom is 0.126 e. The van der Waals surface area contributed by atoms with E-state index in [-0.39, 0.29) is 5.92 Å². The molecule has 0 aliphatic carbocycles. The topological polar surface area (TPSA) is 9.23 Å². The lowest BCUT2D eigenvalue weighted by Gasteiger charge is -2.17. The largest absolute Gasteiger partial charge is 0.493 e. The summed E-state index contributed by atoms with van der Waals surface area (Å²) < 4.78 is 5.76. The molecule has 0 fully saturated rings. The van der Waals surface area contributed by atoms with Gasteiger partial charge in [-0.2, -0.15) is 0 Å². The molecule has 0 saturated heterocycles. The minimum atomic E-state index is 0.0957. The average molecular weight is 217 g/mol. The first-order chi connectivity index (χ1) is 7.74. The molecule has 0 N–H and O–H groups in total. The molecular weight excluding hydrogens is 196 g/mol. The van der Waals surface area contributed by atoms with Crippen molar-refractivity contribution in [3.8, 4) is 5.75 Å². The summed E-state index contributed by atoms with van der Waals surface area (Å²) in [6, 6.07) is 6.28. The van der Waals surface area contributed by atoms with Crippen LogP contribution in [0.5, 0.6) is 5.75 Å². The molecule has 0 bridgehead atoms. The van der Waals surface area contributed by atoms with E-state index in [2.05, 4.69) is 38.6 Å². The van der Waals surface area contributed by atoms with E-state index in [1.807, 2.05) is 13.0 Å². The van der Waals surface area contributed by atoms with Gasteiger partial charge in [0.25, 0.3) is 0 Å². The van der Waals surface area contributed by atoms with Gasteiger partial charge in [-0.1, -0.05) is 37.6 Å². The van der Waals surface area contributed by atoms with Crippen LogP contribution in [0.25, 0.3) is 0 Å². The third kappa shape index (κ3) is 2.88. The van der Waals surface area contributed by atoms with E-state index in [1.165, 1.54) is 5.56 Å². The SMILES string of the molecule is [CH2]C(C=C)c1cccc(CCC)c1OCC. The Morgan fingerprint density at radius 3 is 2.69 bits per heavy atom. The molecule has 0 aliphatic rings. The highest BCUT2D eigenvalue weighted by Gasteiger charge is 2.12. The van der Waals surface area contributed by atoms with Gasteiger partial charge in [-0.15, -0.1) is 6.58 Å². The lowest BCUT2D eigenvalue weighted by molar-refractivity contribution is 0.332. The van der Waals surface area contributed by atoms with Crippen molar-refractivity contribution in [1.82, 2.24) is 0 Å². The summed E-state index contributed by atoms with van der Waals surface area (Å²) >= 11 is 0. The van der Waals surface area contributed by atoms with E-state index in [4.69, 9.17) is 4.74 Å². The van der Waals surface area contributed by atoms with Gasteiger partial charge in [0.15, 0.2) is 0 Å². The molecule has 1 radical (unpaired) electrons. The maximum absolute atomic E-state index is 5.76. The van der Waals surface area contributed by atoms with Crippen LogP contribution >= 0.6 is 0 Å². The first kappa shape index (κ1) is 12.8. The second kappa shape index (κ2) is 6.37. The van der Waals surface area contributed by atoms with Crippen molar-refractivity contribution in [3.63, 3.8) is 0 Å². The minimum Gasteiger partial charge on any atom is -0.493 e. The van der Waals surface area contributed by atoms with Crippen molar-refractivity contribution in [1.29, 1.82) is 0 Å². The molecule has 1 unspecified atom stereocenters. The number of benzene rings is 1.